The SMILES string of the molecule is Cc1nc([N+](=O)[O-])cn1CCC(=O)N1CCC2(CCN(S(=O)(=O)c3cccs3)CC2)C1. The molecule has 0 N–H and O–H groups in total. The predicted molar refractivity (Wildman–Crippen MR) is 114 cm³/mol. The van der Waals surface area contributed by atoms with Gasteiger partial charge in [0, 0.05) is 46.1 Å². The van der Waals surface area contributed by atoms with Crippen molar-refractivity contribution in [3.05, 3.63) is 39.6 Å². The van der Waals surface area contributed by atoms with Gasteiger partial charge in [-0.1, -0.05) is 6.07 Å². The van der Waals surface area contributed by atoms with E-state index >= 15 is 0 Å². The van der Waals surface area contributed by atoms with Crippen molar-refractivity contribution in [3.8, 4) is 0 Å². The molecule has 31 heavy (non-hydrogen) atoms. The average molecular weight is 468 g/mol. The van der Waals surface area contributed by atoms with Crippen molar-refractivity contribution < 1.29 is 18.1 Å². The zero-order valence-corrected chi connectivity index (χ0v) is 18.9. The molecule has 1 amide bonds. The molecular weight excluding hydrogens is 442 g/mol. The topological polar surface area (TPSA) is 119 Å². The average Bonchev–Trinajstić information content (AvgIpc) is 3.47. The molecule has 0 saturated carbocycles. The van der Waals surface area contributed by atoms with Crippen LogP contribution in [-0.2, 0) is 21.4 Å². The lowest BCUT2D eigenvalue weighted by atomic mass is 9.78. The number of carbonyl (C=O) groups is 1. The first-order valence-electron chi connectivity index (χ1n) is 10.2. The van der Waals surface area contributed by atoms with Crippen LogP contribution in [0.5, 0.6) is 0 Å². The highest BCUT2D eigenvalue weighted by Gasteiger charge is 2.44. The van der Waals surface area contributed by atoms with Gasteiger partial charge in [0.2, 0.25) is 11.7 Å². The van der Waals surface area contributed by atoms with Crippen molar-refractivity contribution in [1.82, 2.24) is 18.8 Å². The number of aromatic nitrogens is 2. The van der Waals surface area contributed by atoms with E-state index < -0.39 is 14.9 Å². The molecule has 0 aromatic carbocycles. The second-order valence-electron chi connectivity index (χ2n) is 8.25. The number of rotatable bonds is 6. The molecule has 2 aliphatic rings. The number of piperidine rings is 1. The van der Waals surface area contributed by atoms with Crippen molar-refractivity contribution in [2.75, 3.05) is 26.2 Å². The van der Waals surface area contributed by atoms with E-state index in [4.69, 9.17) is 0 Å². The molecule has 0 radical (unpaired) electrons. The number of thiophene rings is 1. The number of carbonyl (C=O) groups excluding carboxylic acids is 1. The smallest absolute Gasteiger partial charge is 0.358 e. The molecule has 4 heterocycles. The fraction of sp³-hybridized carbons (Fsp3) is 0.579. The van der Waals surface area contributed by atoms with Crippen LogP contribution in [0, 0.1) is 22.5 Å². The van der Waals surface area contributed by atoms with Crippen molar-refractivity contribution in [1.29, 1.82) is 0 Å². The maximum absolute atomic E-state index is 12.7. The van der Waals surface area contributed by atoms with E-state index in [0.29, 0.717) is 42.8 Å². The molecule has 0 bridgehead atoms. The molecule has 2 fully saturated rings. The Morgan fingerprint density at radius 3 is 2.61 bits per heavy atom. The molecule has 168 valence electrons. The van der Waals surface area contributed by atoms with Crippen LogP contribution in [0.25, 0.3) is 0 Å². The number of likely N-dealkylation sites (tertiary alicyclic amines) is 1. The summed E-state index contributed by atoms with van der Waals surface area (Å²) in [5.41, 5.74) is -0.0269. The normalized spacial score (nSPS) is 19.2. The van der Waals surface area contributed by atoms with Crippen molar-refractivity contribution >= 4 is 33.1 Å². The Bertz CT molecular complexity index is 1070. The number of hydrogen-bond acceptors (Lipinski definition) is 7. The van der Waals surface area contributed by atoms with Crippen LogP contribution >= 0.6 is 11.3 Å². The summed E-state index contributed by atoms with van der Waals surface area (Å²) in [6.45, 7) is 4.28. The van der Waals surface area contributed by atoms with Crippen LogP contribution in [0.4, 0.5) is 5.82 Å². The van der Waals surface area contributed by atoms with Crippen LogP contribution < -0.4 is 0 Å². The first kappa shape index (κ1) is 21.9. The number of nitrogens with zero attached hydrogens (tertiary/aromatic N) is 5. The summed E-state index contributed by atoms with van der Waals surface area (Å²) in [5, 5.41) is 12.6. The van der Waals surface area contributed by atoms with Gasteiger partial charge in [0.05, 0.1) is 0 Å². The molecule has 1 spiro atoms. The van der Waals surface area contributed by atoms with E-state index in [-0.39, 0.29) is 23.6 Å². The molecule has 2 aliphatic heterocycles. The van der Waals surface area contributed by atoms with Gasteiger partial charge in [0.25, 0.3) is 10.0 Å². The van der Waals surface area contributed by atoms with E-state index in [2.05, 4.69) is 4.98 Å². The molecule has 10 nitrogen and oxygen atoms in total. The molecule has 2 aromatic rings. The second kappa shape index (κ2) is 8.32. The largest absolute Gasteiger partial charge is 0.381 e. The summed E-state index contributed by atoms with van der Waals surface area (Å²) >= 11 is 1.23. The van der Waals surface area contributed by atoms with Crippen LogP contribution in [0.3, 0.4) is 0 Å². The van der Waals surface area contributed by atoms with Gasteiger partial charge >= 0.3 is 5.82 Å². The fourth-order valence-electron chi connectivity index (χ4n) is 4.47. The number of nitro groups is 1. The maximum atomic E-state index is 12.7. The standard InChI is InChI=1S/C19H25N5O5S2/c1-15-20-16(24(26)27)13-21(15)8-4-17(25)22-9-5-19(14-22)6-10-23(11-7-19)31(28,29)18-3-2-12-30-18/h2-3,12-13H,4-11,14H2,1H3. The molecule has 2 aromatic heterocycles. The number of sulfonamides is 1. The Balaban J connectivity index is 1.31. The third kappa shape index (κ3) is 4.37. The Hall–Kier alpha value is -2.31. The zero-order chi connectivity index (χ0) is 22.2. The lowest BCUT2D eigenvalue weighted by Crippen LogP contribution is -2.44. The first-order chi connectivity index (χ1) is 14.7. The van der Waals surface area contributed by atoms with Crippen molar-refractivity contribution in [3.63, 3.8) is 0 Å². The van der Waals surface area contributed by atoms with E-state index in [1.807, 2.05) is 4.90 Å². The number of aryl methyl sites for hydroxylation is 2. The van der Waals surface area contributed by atoms with E-state index in [0.717, 1.165) is 19.3 Å². The Labute approximate surface area is 184 Å². The van der Waals surface area contributed by atoms with Gasteiger partial charge in [0.15, 0.2) is 0 Å². The van der Waals surface area contributed by atoms with Crippen molar-refractivity contribution in [2.45, 2.75) is 43.4 Å². The summed E-state index contributed by atoms with van der Waals surface area (Å²) in [4.78, 5) is 28.8. The molecule has 4 rings (SSSR count). The summed E-state index contributed by atoms with van der Waals surface area (Å²) in [7, 11) is -3.43. The monoisotopic (exact) mass is 467 g/mol. The Morgan fingerprint density at radius 1 is 1.29 bits per heavy atom. The molecule has 0 aliphatic carbocycles. The third-order valence-corrected chi connectivity index (χ3v) is 9.65. The van der Waals surface area contributed by atoms with Gasteiger partial charge in [0.1, 0.15) is 10.4 Å². The summed E-state index contributed by atoms with van der Waals surface area (Å²) in [5.74, 6) is 0.312. The predicted octanol–water partition coefficient (Wildman–Crippen LogP) is 2.25. The van der Waals surface area contributed by atoms with Gasteiger partial charge in [-0.15, -0.1) is 11.3 Å². The van der Waals surface area contributed by atoms with E-state index in [1.165, 1.54) is 17.5 Å². The van der Waals surface area contributed by atoms with Crippen LogP contribution in [-0.4, -0.2) is 64.2 Å². The number of amides is 1. The highest BCUT2D eigenvalue weighted by molar-refractivity contribution is 7.91. The minimum Gasteiger partial charge on any atom is -0.358 e. The van der Waals surface area contributed by atoms with Gasteiger partial charge in [-0.25, -0.2) is 8.42 Å². The van der Waals surface area contributed by atoms with E-state index in [9.17, 15) is 23.3 Å². The summed E-state index contributed by atoms with van der Waals surface area (Å²) in [6, 6.07) is 3.38. The van der Waals surface area contributed by atoms with Gasteiger partial charge in [-0.2, -0.15) is 4.31 Å². The Kier molecular flexibility index (Phi) is 5.88. The lowest BCUT2D eigenvalue weighted by molar-refractivity contribution is -0.389. The van der Waals surface area contributed by atoms with Crippen LogP contribution in [0.1, 0.15) is 31.5 Å². The third-order valence-electron chi connectivity index (χ3n) is 6.38. The summed E-state index contributed by atoms with van der Waals surface area (Å²) < 4.78 is 29.0. The highest BCUT2D eigenvalue weighted by atomic mass is 32.2. The minimum atomic E-state index is -3.43. The highest BCUT2D eigenvalue weighted by Crippen LogP contribution is 2.41. The molecular formula is C19H25N5O5S2. The fourth-order valence-corrected chi connectivity index (χ4v) is 7.06. The molecule has 2 saturated heterocycles. The maximum Gasteiger partial charge on any atom is 0.381 e. The molecule has 0 atom stereocenters. The lowest BCUT2D eigenvalue weighted by Gasteiger charge is -2.38. The van der Waals surface area contributed by atoms with Crippen LogP contribution in [0.15, 0.2) is 27.9 Å². The summed E-state index contributed by atoms with van der Waals surface area (Å²) in [6.07, 6.45) is 3.98. The molecule has 12 heteroatoms. The van der Waals surface area contributed by atoms with Gasteiger partial charge < -0.3 is 19.6 Å². The van der Waals surface area contributed by atoms with Gasteiger partial charge in [-0.3, -0.25) is 4.79 Å². The number of hydrogen-bond donors (Lipinski definition) is 0. The first-order valence-corrected chi connectivity index (χ1v) is 12.5. The Morgan fingerprint density at radius 2 is 2.00 bits per heavy atom. The van der Waals surface area contributed by atoms with E-state index in [1.54, 1.807) is 33.3 Å². The minimum absolute atomic E-state index is 0.0151. The number of imidazole rings is 1. The van der Waals surface area contributed by atoms with Gasteiger partial charge in [-0.05, 0) is 46.0 Å². The van der Waals surface area contributed by atoms with Crippen molar-refractivity contribution in [2.24, 2.45) is 5.41 Å². The molecule has 0 unspecified atom stereocenters. The zero-order valence-electron chi connectivity index (χ0n) is 17.3. The quantitative estimate of drug-likeness (QED) is 0.475. The second-order valence-corrected chi connectivity index (χ2v) is 11.4. The van der Waals surface area contributed by atoms with Crippen LogP contribution in [0.2, 0.25) is 0 Å².